The number of nitrogens with one attached hydrogen (secondary N) is 1. The number of carboxylic acid groups (broad SMARTS) is 1. The number of aliphatic carboxylic acids is 1. The van der Waals surface area contributed by atoms with Gasteiger partial charge >= 0.3 is 5.97 Å². The van der Waals surface area contributed by atoms with Crippen LogP contribution in [0.1, 0.15) is 12.8 Å². The van der Waals surface area contributed by atoms with E-state index in [1.54, 1.807) is 11.8 Å². The van der Waals surface area contributed by atoms with Crippen LogP contribution in [0.15, 0.2) is 0 Å². The van der Waals surface area contributed by atoms with E-state index in [1.165, 1.54) is 0 Å². The predicted molar refractivity (Wildman–Crippen MR) is 53.2 cm³/mol. The van der Waals surface area contributed by atoms with Gasteiger partial charge in [-0.1, -0.05) is 0 Å². The predicted octanol–water partition coefficient (Wildman–Crippen LogP) is 0.976. The van der Waals surface area contributed by atoms with Crippen molar-refractivity contribution in [2.75, 3.05) is 12.8 Å². The lowest BCUT2D eigenvalue weighted by Gasteiger charge is -2.26. The normalized spacial score (nSPS) is 29.1. The van der Waals surface area contributed by atoms with Gasteiger partial charge in [-0.25, -0.2) is 0 Å². The third kappa shape index (κ3) is 3.21. The van der Waals surface area contributed by atoms with Gasteiger partial charge in [-0.15, -0.1) is 12.4 Å². The van der Waals surface area contributed by atoms with E-state index in [4.69, 9.17) is 5.11 Å². The van der Waals surface area contributed by atoms with Gasteiger partial charge in [0.2, 0.25) is 0 Å². The number of piperidine rings is 1. The summed E-state index contributed by atoms with van der Waals surface area (Å²) in [5, 5.41) is 12.2. The molecular formula is C7H14ClNO2S. The van der Waals surface area contributed by atoms with Gasteiger partial charge in [-0.2, -0.15) is 11.8 Å². The van der Waals surface area contributed by atoms with Crippen LogP contribution in [0.25, 0.3) is 0 Å². The zero-order valence-electron chi connectivity index (χ0n) is 6.95. The molecule has 1 saturated heterocycles. The Morgan fingerprint density at radius 1 is 1.67 bits per heavy atom. The Bertz CT molecular complexity index is 156. The summed E-state index contributed by atoms with van der Waals surface area (Å²) in [6.07, 6.45) is 3.89. The fraction of sp³-hybridized carbons (Fsp3) is 0.857. The van der Waals surface area contributed by atoms with Crippen LogP contribution >= 0.6 is 24.2 Å². The van der Waals surface area contributed by atoms with Gasteiger partial charge in [-0.05, 0) is 25.6 Å². The first kappa shape index (κ1) is 12.1. The van der Waals surface area contributed by atoms with Gasteiger partial charge in [0.1, 0.15) is 6.04 Å². The lowest BCUT2D eigenvalue weighted by atomic mass is 10.1. The Kier molecular flexibility index (Phi) is 5.70. The van der Waals surface area contributed by atoms with Gasteiger partial charge in [0.25, 0.3) is 0 Å². The molecule has 1 aliphatic heterocycles. The van der Waals surface area contributed by atoms with Crippen molar-refractivity contribution in [3.05, 3.63) is 0 Å². The monoisotopic (exact) mass is 211 g/mol. The Morgan fingerprint density at radius 3 is 2.83 bits per heavy atom. The summed E-state index contributed by atoms with van der Waals surface area (Å²) < 4.78 is 0. The maximum absolute atomic E-state index is 10.5. The van der Waals surface area contributed by atoms with E-state index >= 15 is 0 Å². The van der Waals surface area contributed by atoms with Crippen molar-refractivity contribution < 1.29 is 9.90 Å². The van der Waals surface area contributed by atoms with Gasteiger partial charge in [0.05, 0.1) is 0 Å². The van der Waals surface area contributed by atoms with Crippen LogP contribution in [0.2, 0.25) is 0 Å². The molecule has 0 saturated carbocycles. The molecule has 1 rings (SSSR count). The zero-order chi connectivity index (χ0) is 8.27. The molecule has 0 amide bonds. The minimum Gasteiger partial charge on any atom is -0.480 e. The Hall–Kier alpha value is 0.0700. The Labute approximate surface area is 82.7 Å². The van der Waals surface area contributed by atoms with Crippen molar-refractivity contribution in [2.45, 2.75) is 24.1 Å². The summed E-state index contributed by atoms with van der Waals surface area (Å²) in [5.41, 5.74) is 0. The standard InChI is InChI=1S/C7H13NO2S.ClH/c1-11-5-2-3-8-6(4-5)7(9)10;/h5-6,8H,2-4H2,1H3,(H,9,10);1H/t5-,6-;/m0./s1. The van der Waals surface area contributed by atoms with Crippen molar-refractivity contribution in [3.8, 4) is 0 Å². The molecule has 1 aliphatic rings. The van der Waals surface area contributed by atoms with E-state index in [9.17, 15) is 4.79 Å². The number of halogens is 1. The third-order valence-corrected chi connectivity index (χ3v) is 3.08. The van der Waals surface area contributed by atoms with E-state index in [2.05, 4.69) is 5.32 Å². The van der Waals surface area contributed by atoms with Crippen LogP contribution < -0.4 is 5.32 Å². The van der Waals surface area contributed by atoms with Gasteiger partial charge in [0, 0.05) is 5.25 Å². The molecule has 2 N–H and O–H groups in total. The summed E-state index contributed by atoms with van der Waals surface area (Å²) in [4.78, 5) is 10.5. The second-order valence-electron chi connectivity index (χ2n) is 2.73. The van der Waals surface area contributed by atoms with Gasteiger partial charge in [0.15, 0.2) is 0 Å². The van der Waals surface area contributed by atoms with E-state index < -0.39 is 5.97 Å². The first-order valence-corrected chi connectivity index (χ1v) is 5.02. The van der Waals surface area contributed by atoms with E-state index in [1.807, 2.05) is 6.26 Å². The summed E-state index contributed by atoms with van der Waals surface area (Å²) >= 11 is 1.76. The number of hydrogen-bond donors (Lipinski definition) is 2. The average molecular weight is 212 g/mol. The highest BCUT2D eigenvalue weighted by Crippen LogP contribution is 2.20. The molecule has 0 spiro atoms. The highest BCUT2D eigenvalue weighted by Gasteiger charge is 2.25. The highest BCUT2D eigenvalue weighted by atomic mass is 35.5. The van der Waals surface area contributed by atoms with E-state index in [-0.39, 0.29) is 18.4 Å². The topological polar surface area (TPSA) is 49.3 Å². The molecule has 5 heteroatoms. The van der Waals surface area contributed by atoms with Gasteiger partial charge in [-0.3, -0.25) is 4.79 Å². The zero-order valence-corrected chi connectivity index (χ0v) is 8.58. The van der Waals surface area contributed by atoms with E-state index in [0.717, 1.165) is 19.4 Å². The number of thioether (sulfide) groups is 1. The molecule has 12 heavy (non-hydrogen) atoms. The lowest BCUT2D eigenvalue weighted by Crippen LogP contribution is -2.44. The largest absolute Gasteiger partial charge is 0.480 e. The SMILES string of the molecule is CS[C@H]1CCN[C@H](C(=O)O)C1.Cl. The first-order valence-electron chi connectivity index (χ1n) is 3.73. The number of rotatable bonds is 2. The van der Waals surface area contributed by atoms with Crippen molar-refractivity contribution in [1.82, 2.24) is 5.32 Å². The molecule has 3 nitrogen and oxygen atoms in total. The second-order valence-corrected chi connectivity index (χ2v) is 3.87. The second kappa shape index (κ2) is 5.67. The summed E-state index contributed by atoms with van der Waals surface area (Å²) in [5.74, 6) is -0.719. The first-order chi connectivity index (χ1) is 5.24. The fourth-order valence-electron chi connectivity index (χ4n) is 1.28. The molecule has 0 aromatic rings. The smallest absolute Gasteiger partial charge is 0.320 e. The fourth-order valence-corrected chi connectivity index (χ4v) is 2.02. The molecule has 0 aliphatic carbocycles. The highest BCUT2D eigenvalue weighted by molar-refractivity contribution is 7.99. The number of carbonyl (C=O) groups is 1. The third-order valence-electron chi connectivity index (χ3n) is 1.99. The van der Waals surface area contributed by atoms with E-state index in [0.29, 0.717) is 5.25 Å². The molecule has 2 atom stereocenters. The Morgan fingerprint density at radius 2 is 2.33 bits per heavy atom. The molecule has 0 radical (unpaired) electrons. The lowest BCUT2D eigenvalue weighted by molar-refractivity contribution is -0.140. The van der Waals surface area contributed by atoms with Crippen LogP contribution in [0.4, 0.5) is 0 Å². The van der Waals surface area contributed by atoms with Crippen molar-refractivity contribution in [3.63, 3.8) is 0 Å². The summed E-state index contributed by atoms with van der Waals surface area (Å²) in [6.45, 7) is 0.836. The van der Waals surface area contributed by atoms with Crippen molar-refractivity contribution in [2.24, 2.45) is 0 Å². The number of carboxylic acids is 1. The molecule has 1 heterocycles. The molecule has 0 aromatic carbocycles. The maximum Gasteiger partial charge on any atom is 0.320 e. The molecule has 0 unspecified atom stereocenters. The van der Waals surface area contributed by atoms with Crippen LogP contribution in [-0.2, 0) is 4.79 Å². The van der Waals surface area contributed by atoms with Crippen LogP contribution in [-0.4, -0.2) is 35.2 Å². The minimum atomic E-state index is -0.719. The molecular weight excluding hydrogens is 198 g/mol. The van der Waals surface area contributed by atoms with Crippen LogP contribution in [0.5, 0.6) is 0 Å². The minimum absolute atomic E-state index is 0. The summed E-state index contributed by atoms with van der Waals surface area (Å²) in [7, 11) is 0. The number of hydrogen-bond acceptors (Lipinski definition) is 3. The van der Waals surface area contributed by atoms with Crippen LogP contribution in [0.3, 0.4) is 0 Å². The van der Waals surface area contributed by atoms with Gasteiger partial charge < -0.3 is 10.4 Å². The molecule has 0 bridgehead atoms. The van der Waals surface area contributed by atoms with Crippen molar-refractivity contribution in [1.29, 1.82) is 0 Å². The molecule has 0 aromatic heterocycles. The molecule has 1 fully saturated rings. The molecule has 72 valence electrons. The summed E-state index contributed by atoms with van der Waals surface area (Å²) in [6, 6.07) is -0.318. The quantitative estimate of drug-likeness (QED) is 0.715. The van der Waals surface area contributed by atoms with Crippen LogP contribution in [0, 0.1) is 0 Å². The van der Waals surface area contributed by atoms with Crippen molar-refractivity contribution >= 4 is 30.1 Å². The Balaban J connectivity index is 0.00000121. The maximum atomic E-state index is 10.5. The average Bonchev–Trinajstić information content (AvgIpc) is 2.05.